The minimum absolute atomic E-state index is 0.0410. The standard InChI is InChI=1S/C13H15N3O4S2/c1-7-3-4-21-11(7)8-5-9(8)12(17)15-13-14-10(16-20-13)6-22(2,18)19/h3-4,8-9H,5-6H2,1-2H3,(H,14,15,16,17)/t8-,9+/m0/s1. The molecule has 2 aromatic heterocycles. The van der Waals surface area contributed by atoms with E-state index in [-0.39, 0.29) is 35.3 Å². The number of hydrogen-bond acceptors (Lipinski definition) is 7. The summed E-state index contributed by atoms with van der Waals surface area (Å²) < 4.78 is 27.2. The fourth-order valence-corrected chi connectivity index (χ4v) is 4.03. The van der Waals surface area contributed by atoms with Gasteiger partial charge in [-0.15, -0.1) is 11.3 Å². The van der Waals surface area contributed by atoms with E-state index in [9.17, 15) is 13.2 Å². The van der Waals surface area contributed by atoms with Crippen LogP contribution in [0.2, 0.25) is 0 Å². The first-order valence-corrected chi connectivity index (χ1v) is 9.62. The SMILES string of the molecule is Cc1ccsc1[C@H]1C[C@H]1C(=O)Nc1nc(CS(C)(=O)=O)no1. The number of aryl methyl sites for hydroxylation is 1. The summed E-state index contributed by atoms with van der Waals surface area (Å²) in [6, 6.07) is 1.99. The van der Waals surface area contributed by atoms with Gasteiger partial charge in [0, 0.05) is 23.0 Å². The number of hydrogen-bond donors (Lipinski definition) is 1. The molecule has 0 spiro atoms. The second-order valence-electron chi connectivity index (χ2n) is 5.49. The number of aromatic nitrogens is 2. The Hall–Kier alpha value is -1.74. The molecule has 0 aromatic carbocycles. The molecule has 3 rings (SSSR count). The number of nitrogens with zero attached hydrogens (tertiary/aromatic N) is 2. The summed E-state index contributed by atoms with van der Waals surface area (Å²) in [5.74, 6) is -0.292. The highest BCUT2D eigenvalue weighted by atomic mass is 32.2. The monoisotopic (exact) mass is 341 g/mol. The lowest BCUT2D eigenvalue weighted by Gasteiger charge is -1.99. The fraction of sp³-hybridized carbons (Fsp3) is 0.462. The fourth-order valence-electron chi connectivity index (χ4n) is 2.33. The van der Waals surface area contributed by atoms with Crippen LogP contribution in [-0.2, 0) is 20.4 Å². The Labute approximate surface area is 131 Å². The topological polar surface area (TPSA) is 102 Å². The molecular formula is C13H15N3O4S2. The van der Waals surface area contributed by atoms with E-state index in [4.69, 9.17) is 4.52 Å². The Balaban J connectivity index is 1.61. The zero-order valence-corrected chi connectivity index (χ0v) is 13.7. The van der Waals surface area contributed by atoms with Crippen molar-refractivity contribution in [2.45, 2.75) is 25.0 Å². The molecule has 1 N–H and O–H groups in total. The van der Waals surface area contributed by atoms with Crippen LogP contribution in [0.25, 0.3) is 0 Å². The molecule has 118 valence electrons. The summed E-state index contributed by atoms with van der Waals surface area (Å²) >= 11 is 1.66. The van der Waals surface area contributed by atoms with E-state index >= 15 is 0 Å². The predicted octanol–water partition coefficient (Wildman–Crippen LogP) is 1.73. The first-order chi connectivity index (χ1) is 10.3. The van der Waals surface area contributed by atoms with E-state index in [0.717, 1.165) is 12.7 Å². The Kier molecular flexibility index (Phi) is 3.77. The molecule has 0 radical (unpaired) electrons. The number of carbonyl (C=O) groups excluding carboxylic acids is 1. The lowest BCUT2D eigenvalue weighted by Crippen LogP contribution is -2.15. The maximum Gasteiger partial charge on any atom is 0.328 e. The van der Waals surface area contributed by atoms with Gasteiger partial charge in [-0.2, -0.15) is 4.98 Å². The number of sulfone groups is 1. The molecule has 7 nitrogen and oxygen atoms in total. The molecule has 2 aromatic rings. The van der Waals surface area contributed by atoms with Crippen molar-refractivity contribution in [2.75, 3.05) is 11.6 Å². The summed E-state index contributed by atoms with van der Waals surface area (Å²) in [6.07, 6.45) is 1.89. The number of anilines is 1. The van der Waals surface area contributed by atoms with E-state index in [1.54, 1.807) is 11.3 Å². The molecular weight excluding hydrogens is 326 g/mol. The van der Waals surface area contributed by atoms with Crippen LogP contribution in [0.1, 0.15) is 28.6 Å². The number of rotatable bonds is 5. The van der Waals surface area contributed by atoms with Gasteiger partial charge in [0.05, 0.1) is 0 Å². The van der Waals surface area contributed by atoms with E-state index in [1.807, 2.05) is 18.4 Å². The first-order valence-electron chi connectivity index (χ1n) is 6.68. The third-order valence-corrected chi connectivity index (χ3v) is 5.39. The second-order valence-corrected chi connectivity index (χ2v) is 8.58. The molecule has 0 saturated heterocycles. The molecule has 2 heterocycles. The van der Waals surface area contributed by atoms with Gasteiger partial charge >= 0.3 is 6.01 Å². The third kappa shape index (κ3) is 3.36. The van der Waals surface area contributed by atoms with Crippen molar-refractivity contribution in [3.8, 4) is 0 Å². The molecule has 1 aliphatic rings. The van der Waals surface area contributed by atoms with Gasteiger partial charge in [0.15, 0.2) is 15.7 Å². The van der Waals surface area contributed by atoms with E-state index in [1.165, 1.54) is 10.4 Å². The summed E-state index contributed by atoms with van der Waals surface area (Å²) in [5.41, 5.74) is 1.21. The van der Waals surface area contributed by atoms with Crippen LogP contribution in [0.5, 0.6) is 0 Å². The van der Waals surface area contributed by atoms with Crippen molar-refractivity contribution >= 4 is 33.1 Å². The maximum absolute atomic E-state index is 12.1. The number of thiophene rings is 1. The van der Waals surface area contributed by atoms with Crippen molar-refractivity contribution in [1.29, 1.82) is 0 Å². The van der Waals surface area contributed by atoms with Crippen LogP contribution < -0.4 is 5.32 Å². The van der Waals surface area contributed by atoms with Crippen molar-refractivity contribution in [3.05, 3.63) is 27.7 Å². The highest BCUT2D eigenvalue weighted by Gasteiger charge is 2.45. The number of nitrogens with one attached hydrogen (secondary N) is 1. The lowest BCUT2D eigenvalue weighted by molar-refractivity contribution is -0.117. The Morgan fingerprint density at radius 3 is 2.95 bits per heavy atom. The molecule has 22 heavy (non-hydrogen) atoms. The summed E-state index contributed by atoms with van der Waals surface area (Å²) in [4.78, 5) is 17.2. The smallest absolute Gasteiger partial charge is 0.315 e. The molecule has 0 bridgehead atoms. The van der Waals surface area contributed by atoms with Crippen molar-refractivity contribution in [3.63, 3.8) is 0 Å². The maximum atomic E-state index is 12.1. The van der Waals surface area contributed by atoms with Crippen LogP contribution in [0.15, 0.2) is 16.0 Å². The highest BCUT2D eigenvalue weighted by molar-refractivity contribution is 7.89. The minimum atomic E-state index is -3.24. The van der Waals surface area contributed by atoms with Crippen LogP contribution in [0, 0.1) is 12.8 Å². The zero-order valence-electron chi connectivity index (χ0n) is 12.1. The first kappa shape index (κ1) is 15.2. The van der Waals surface area contributed by atoms with Gasteiger partial charge in [0.1, 0.15) is 5.75 Å². The van der Waals surface area contributed by atoms with Gasteiger partial charge < -0.3 is 4.52 Å². The van der Waals surface area contributed by atoms with Crippen molar-refractivity contribution < 1.29 is 17.7 Å². The van der Waals surface area contributed by atoms with Crippen molar-refractivity contribution in [2.24, 2.45) is 5.92 Å². The number of carbonyl (C=O) groups is 1. The third-order valence-electron chi connectivity index (χ3n) is 3.46. The van der Waals surface area contributed by atoms with E-state index < -0.39 is 9.84 Å². The Morgan fingerprint density at radius 1 is 1.55 bits per heavy atom. The van der Waals surface area contributed by atoms with E-state index in [2.05, 4.69) is 15.5 Å². The van der Waals surface area contributed by atoms with Gasteiger partial charge in [-0.1, -0.05) is 5.16 Å². The number of amides is 1. The van der Waals surface area contributed by atoms with Gasteiger partial charge in [-0.25, -0.2) is 8.42 Å². The molecule has 0 unspecified atom stereocenters. The van der Waals surface area contributed by atoms with E-state index in [0.29, 0.717) is 0 Å². The van der Waals surface area contributed by atoms with Crippen LogP contribution in [0.4, 0.5) is 6.01 Å². The Bertz CT molecular complexity index is 809. The van der Waals surface area contributed by atoms with Crippen molar-refractivity contribution in [1.82, 2.24) is 10.1 Å². The largest absolute Gasteiger partial charge is 0.328 e. The predicted molar refractivity (Wildman–Crippen MR) is 81.4 cm³/mol. The normalized spacial score (nSPS) is 20.8. The molecule has 0 aliphatic heterocycles. The van der Waals surface area contributed by atoms with Gasteiger partial charge in [-0.3, -0.25) is 10.1 Å². The van der Waals surface area contributed by atoms with Crippen LogP contribution in [0.3, 0.4) is 0 Å². The second kappa shape index (κ2) is 5.47. The molecule has 2 atom stereocenters. The molecule has 1 saturated carbocycles. The minimum Gasteiger partial charge on any atom is -0.315 e. The van der Waals surface area contributed by atoms with Crippen LogP contribution in [-0.4, -0.2) is 30.7 Å². The summed E-state index contributed by atoms with van der Waals surface area (Å²) in [6.45, 7) is 2.04. The molecule has 1 fully saturated rings. The molecule has 1 aliphatic carbocycles. The lowest BCUT2D eigenvalue weighted by atomic mass is 10.2. The average Bonchev–Trinajstić information content (AvgIpc) is 2.91. The summed E-state index contributed by atoms with van der Waals surface area (Å²) in [7, 11) is -3.24. The highest BCUT2D eigenvalue weighted by Crippen LogP contribution is 2.50. The molecule has 9 heteroatoms. The van der Waals surface area contributed by atoms with Gasteiger partial charge in [0.2, 0.25) is 5.91 Å². The molecule has 1 amide bonds. The Morgan fingerprint density at radius 2 is 2.32 bits per heavy atom. The zero-order chi connectivity index (χ0) is 15.9. The quantitative estimate of drug-likeness (QED) is 0.888. The van der Waals surface area contributed by atoms with Crippen LogP contribution >= 0.6 is 11.3 Å². The average molecular weight is 341 g/mol. The summed E-state index contributed by atoms with van der Waals surface area (Å²) in [5, 5.41) is 8.11. The van der Waals surface area contributed by atoms with Gasteiger partial charge in [0.25, 0.3) is 0 Å². The van der Waals surface area contributed by atoms with Gasteiger partial charge in [-0.05, 0) is 30.4 Å².